The minimum atomic E-state index is -0.202. The number of benzene rings is 2. The Hall–Kier alpha value is -2.82. The zero-order chi connectivity index (χ0) is 16.8. The van der Waals surface area contributed by atoms with Crippen LogP contribution >= 0.6 is 0 Å². The number of ether oxygens (including phenoxy) is 2. The van der Waals surface area contributed by atoms with E-state index in [-0.39, 0.29) is 18.5 Å². The molecule has 3 rings (SSSR count). The maximum absolute atomic E-state index is 13.5. The lowest BCUT2D eigenvalue weighted by molar-refractivity contribution is -0.116. The number of carbonyl (C=O) groups excluding carboxylic acids is 1. The first-order valence-electron chi connectivity index (χ1n) is 7.81. The van der Waals surface area contributed by atoms with Crippen molar-refractivity contribution in [2.75, 3.05) is 13.3 Å². The van der Waals surface area contributed by atoms with E-state index in [1.165, 1.54) is 12.1 Å². The Morgan fingerprint density at radius 2 is 2.00 bits per heavy atom. The molecular weight excluding hydrogens is 309 g/mol. The van der Waals surface area contributed by atoms with E-state index in [0.29, 0.717) is 36.4 Å². The lowest BCUT2D eigenvalue weighted by Crippen LogP contribution is -2.22. The number of nitrogens with one attached hydrogen (secondary N) is 1. The first-order chi connectivity index (χ1) is 11.7. The Labute approximate surface area is 139 Å². The lowest BCUT2D eigenvalue weighted by Gasteiger charge is -2.04. The Kier molecular flexibility index (Phi) is 5.11. The number of rotatable bonds is 6. The number of fused-ring (bicyclic) bond motifs is 1. The maximum atomic E-state index is 13.5. The molecule has 0 spiro atoms. The summed E-state index contributed by atoms with van der Waals surface area (Å²) in [7, 11) is 0. The first kappa shape index (κ1) is 16.1. The lowest BCUT2D eigenvalue weighted by atomic mass is 10.1. The molecule has 2 aromatic carbocycles. The first-order valence-corrected chi connectivity index (χ1v) is 7.81. The second-order valence-electron chi connectivity index (χ2n) is 5.43. The number of carbonyl (C=O) groups is 1. The SMILES string of the molecule is O=C(/C=C/c1ccc2c(c1)OCO2)NCCCc1ccccc1F. The van der Waals surface area contributed by atoms with Crippen molar-refractivity contribution in [2.24, 2.45) is 0 Å². The molecule has 0 fully saturated rings. The minimum absolute atomic E-state index is 0.179. The van der Waals surface area contributed by atoms with Gasteiger partial charge >= 0.3 is 0 Å². The molecule has 0 atom stereocenters. The number of hydrogen-bond donors (Lipinski definition) is 1. The predicted molar refractivity (Wildman–Crippen MR) is 89.3 cm³/mol. The molecule has 0 unspecified atom stereocenters. The molecule has 1 aliphatic heterocycles. The van der Waals surface area contributed by atoms with E-state index >= 15 is 0 Å². The van der Waals surface area contributed by atoms with Gasteiger partial charge in [-0.2, -0.15) is 0 Å². The predicted octanol–water partition coefficient (Wildman–Crippen LogP) is 3.32. The molecule has 1 amide bonds. The fourth-order valence-corrected chi connectivity index (χ4v) is 2.44. The van der Waals surface area contributed by atoms with E-state index < -0.39 is 0 Å². The smallest absolute Gasteiger partial charge is 0.243 e. The molecule has 24 heavy (non-hydrogen) atoms. The van der Waals surface area contributed by atoms with Gasteiger partial charge < -0.3 is 14.8 Å². The second kappa shape index (κ2) is 7.64. The van der Waals surface area contributed by atoms with Crippen molar-refractivity contribution in [3.05, 3.63) is 65.5 Å². The summed E-state index contributed by atoms with van der Waals surface area (Å²) in [5.74, 6) is 1.01. The monoisotopic (exact) mass is 327 g/mol. The van der Waals surface area contributed by atoms with Gasteiger partial charge in [0.15, 0.2) is 11.5 Å². The number of amides is 1. The average Bonchev–Trinajstić information content (AvgIpc) is 3.06. The van der Waals surface area contributed by atoms with Crippen LogP contribution in [0, 0.1) is 5.82 Å². The fraction of sp³-hybridized carbons (Fsp3) is 0.211. The highest BCUT2D eigenvalue weighted by Crippen LogP contribution is 2.32. The van der Waals surface area contributed by atoms with Crippen molar-refractivity contribution in [1.82, 2.24) is 5.32 Å². The van der Waals surface area contributed by atoms with Crippen LogP contribution < -0.4 is 14.8 Å². The van der Waals surface area contributed by atoms with Gasteiger partial charge in [0.25, 0.3) is 0 Å². The zero-order valence-electron chi connectivity index (χ0n) is 13.1. The normalized spacial score (nSPS) is 12.5. The van der Waals surface area contributed by atoms with Gasteiger partial charge in [0.1, 0.15) is 5.82 Å². The Bertz CT molecular complexity index is 758. The molecular formula is C19H18FNO3. The van der Waals surface area contributed by atoms with E-state index in [1.54, 1.807) is 18.2 Å². The molecule has 0 bridgehead atoms. The van der Waals surface area contributed by atoms with Gasteiger partial charge in [0.2, 0.25) is 12.7 Å². The summed E-state index contributed by atoms with van der Waals surface area (Å²) in [6.07, 6.45) is 4.47. The molecule has 1 N–H and O–H groups in total. The van der Waals surface area contributed by atoms with Crippen LogP contribution in [0.5, 0.6) is 11.5 Å². The van der Waals surface area contributed by atoms with Gasteiger partial charge in [-0.3, -0.25) is 4.79 Å². The van der Waals surface area contributed by atoms with Gasteiger partial charge in [-0.05, 0) is 48.2 Å². The van der Waals surface area contributed by atoms with E-state index in [0.717, 1.165) is 5.56 Å². The Morgan fingerprint density at radius 1 is 1.17 bits per heavy atom. The molecule has 124 valence electrons. The van der Waals surface area contributed by atoms with Crippen LogP contribution in [0.4, 0.5) is 4.39 Å². The fourth-order valence-electron chi connectivity index (χ4n) is 2.44. The summed E-state index contributed by atoms with van der Waals surface area (Å²) in [5, 5.41) is 2.79. The van der Waals surface area contributed by atoms with Gasteiger partial charge in [-0.1, -0.05) is 24.3 Å². The summed E-state index contributed by atoms with van der Waals surface area (Å²) in [5.41, 5.74) is 1.53. The van der Waals surface area contributed by atoms with Crippen LogP contribution in [-0.4, -0.2) is 19.2 Å². The van der Waals surface area contributed by atoms with Crippen molar-refractivity contribution in [2.45, 2.75) is 12.8 Å². The highest BCUT2D eigenvalue weighted by molar-refractivity contribution is 5.91. The van der Waals surface area contributed by atoms with Crippen molar-refractivity contribution in [3.8, 4) is 11.5 Å². The van der Waals surface area contributed by atoms with E-state index in [1.807, 2.05) is 24.3 Å². The molecule has 0 radical (unpaired) electrons. The van der Waals surface area contributed by atoms with E-state index in [9.17, 15) is 9.18 Å². The number of halogens is 1. The van der Waals surface area contributed by atoms with Gasteiger partial charge in [0.05, 0.1) is 0 Å². The molecule has 1 aliphatic rings. The average molecular weight is 327 g/mol. The van der Waals surface area contributed by atoms with Gasteiger partial charge in [-0.15, -0.1) is 0 Å². The molecule has 1 heterocycles. The molecule has 0 aromatic heterocycles. The van der Waals surface area contributed by atoms with Crippen molar-refractivity contribution >= 4 is 12.0 Å². The van der Waals surface area contributed by atoms with Crippen LogP contribution in [0.2, 0.25) is 0 Å². The van der Waals surface area contributed by atoms with Crippen molar-refractivity contribution in [1.29, 1.82) is 0 Å². The quantitative estimate of drug-likeness (QED) is 0.654. The third-order valence-electron chi connectivity index (χ3n) is 3.70. The summed E-state index contributed by atoms with van der Waals surface area (Å²) >= 11 is 0. The highest BCUT2D eigenvalue weighted by atomic mass is 19.1. The van der Waals surface area contributed by atoms with E-state index in [2.05, 4.69) is 5.32 Å². The summed E-state index contributed by atoms with van der Waals surface area (Å²) < 4.78 is 24.0. The van der Waals surface area contributed by atoms with Gasteiger partial charge in [-0.25, -0.2) is 4.39 Å². The Balaban J connectivity index is 1.43. The standard InChI is InChI=1S/C19H18FNO3/c20-16-6-2-1-4-15(16)5-3-11-21-19(22)10-8-14-7-9-17-18(12-14)24-13-23-17/h1-2,4,6-10,12H,3,5,11,13H2,(H,21,22)/b10-8+. The topological polar surface area (TPSA) is 47.6 Å². The molecule has 0 aliphatic carbocycles. The maximum Gasteiger partial charge on any atom is 0.243 e. The zero-order valence-corrected chi connectivity index (χ0v) is 13.1. The minimum Gasteiger partial charge on any atom is -0.454 e. The number of hydrogen-bond acceptors (Lipinski definition) is 3. The summed E-state index contributed by atoms with van der Waals surface area (Å²) in [4.78, 5) is 11.8. The molecule has 0 saturated carbocycles. The molecule has 0 saturated heterocycles. The second-order valence-corrected chi connectivity index (χ2v) is 5.43. The van der Waals surface area contributed by atoms with Crippen LogP contribution in [0.15, 0.2) is 48.5 Å². The van der Waals surface area contributed by atoms with Crippen LogP contribution in [0.25, 0.3) is 6.08 Å². The largest absolute Gasteiger partial charge is 0.454 e. The third kappa shape index (κ3) is 4.13. The van der Waals surface area contributed by atoms with Crippen LogP contribution in [0.3, 0.4) is 0 Å². The molecule has 4 nitrogen and oxygen atoms in total. The highest BCUT2D eigenvalue weighted by Gasteiger charge is 2.12. The van der Waals surface area contributed by atoms with Crippen molar-refractivity contribution in [3.63, 3.8) is 0 Å². The van der Waals surface area contributed by atoms with Crippen molar-refractivity contribution < 1.29 is 18.7 Å². The Morgan fingerprint density at radius 3 is 2.88 bits per heavy atom. The summed E-state index contributed by atoms with van der Waals surface area (Å²) in [6, 6.07) is 12.2. The summed E-state index contributed by atoms with van der Waals surface area (Å²) in [6.45, 7) is 0.726. The van der Waals surface area contributed by atoms with Gasteiger partial charge in [0, 0.05) is 12.6 Å². The van der Waals surface area contributed by atoms with Crippen LogP contribution in [-0.2, 0) is 11.2 Å². The number of aryl methyl sites for hydroxylation is 1. The van der Waals surface area contributed by atoms with E-state index in [4.69, 9.17) is 9.47 Å². The molecule has 2 aromatic rings. The van der Waals surface area contributed by atoms with Crippen LogP contribution in [0.1, 0.15) is 17.5 Å². The third-order valence-corrected chi connectivity index (χ3v) is 3.70. The molecule has 5 heteroatoms.